The van der Waals surface area contributed by atoms with Gasteiger partial charge in [-0.25, -0.2) is 13.0 Å². The van der Waals surface area contributed by atoms with Crippen LogP contribution in [-0.2, 0) is 16.6 Å². The Kier molecular flexibility index (Phi) is 4.76. The van der Waals surface area contributed by atoms with E-state index in [2.05, 4.69) is 4.72 Å². The van der Waals surface area contributed by atoms with Gasteiger partial charge < -0.3 is 4.74 Å². The molecule has 148 valence electrons. The molecule has 6 nitrogen and oxygen atoms in total. The average molecular weight is 409 g/mol. The molecule has 1 aliphatic rings. The van der Waals surface area contributed by atoms with Gasteiger partial charge in [0.1, 0.15) is 18.0 Å². The summed E-state index contributed by atoms with van der Waals surface area (Å²) in [4.78, 5) is 0.199. The largest absolute Gasteiger partial charge is 0.495 e. The Morgan fingerprint density at radius 2 is 1.76 bits per heavy atom. The molecule has 1 heterocycles. The Morgan fingerprint density at radius 1 is 1.03 bits per heavy atom. The quantitative estimate of drug-likeness (QED) is 0.634. The zero-order valence-electron chi connectivity index (χ0n) is 16.2. The number of anilines is 1. The van der Waals surface area contributed by atoms with Crippen molar-refractivity contribution in [1.29, 1.82) is 0 Å². The van der Waals surface area contributed by atoms with Crippen molar-refractivity contribution in [1.82, 2.24) is 0 Å². The van der Waals surface area contributed by atoms with Crippen molar-refractivity contribution in [3.63, 3.8) is 0 Å². The fraction of sp³-hybridized carbons (Fsp3) is 0.136. The molecule has 29 heavy (non-hydrogen) atoms. The number of nitrogens with zero attached hydrogens (tertiary/aromatic N) is 1. The molecule has 7 heteroatoms. The highest BCUT2D eigenvalue weighted by atomic mass is 32.2. The second-order valence-corrected chi connectivity index (χ2v) is 8.53. The van der Waals surface area contributed by atoms with Crippen LogP contribution in [0.3, 0.4) is 0 Å². The molecule has 0 radical (unpaired) electrons. The normalized spacial score (nSPS) is 13.3. The topological polar surface area (TPSA) is 84.4 Å². The minimum atomic E-state index is -3.82. The number of benzene rings is 3. The summed E-state index contributed by atoms with van der Waals surface area (Å²) < 4.78 is 36.1. The molecule has 4 rings (SSSR count). The maximum atomic E-state index is 13.1. The highest BCUT2D eigenvalue weighted by Crippen LogP contribution is 2.30. The first-order valence-electron chi connectivity index (χ1n) is 9.15. The van der Waals surface area contributed by atoms with Crippen molar-refractivity contribution in [3.05, 3.63) is 83.4 Å². The van der Waals surface area contributed by atoms with Crippen LogP contribution in [0.15, 0.2) is 71.6 Å². The van der Waals surface area contributed by atoms with Gasteiger partial charge in [0.25, 0.3) is 15.9 Å². The van der Waals surface area contributed by atoms with E-state index in [4.69, 9.17) is 10.5 Å². The predicted octanol–water partition coefficient (Wildman–Crippen LogP) is 3.37. The van der Waals surface area contributed by atoms with E-state index in [1.165, 1.54) is 7.11 Å². The van der Waals surface area contributed by atoms with Crippen LogP contribution in [0.2, 0.25) is 0 Å². The zero-order chi connectivity index (χ0) is 20.6. The molecule has 3 aromatic carbocycles. The number of rotatable bonds is 5. The first-order valence-corrected chi connectivity index (χ1v) is 10.6. The summed E-state index contributed by atoms with van der Waals surface area (Å²) in [6.45, 7) is 2.37. The third-order valence-corrected chi connectivity index (χ3v) is 6.54. The summed E-state index contributed by atoms with van der Waals surface area (Å²) in [5.41, 5.74) is 10.2. The van der Waals surface area contributed by atoms with Crippen LogP contribution in [-0.4, -0.2) is 25.9 Å². The van der Waals surface area contributed by atoms with Crippen molar-refractivity contribution in [2.45, 2.75) is 18.4 Å². The molecule has 0 aromatic heterocycles. The minimum absolute atomic E-state index is 0.199. The number of sulfonamides is 1. The summed E-state index contributed by atoms with van der Waals surface area (Å²) in [5.74, 6) is 1.07. The average Bonchev–Trinajstić information content (AvgIpc) is 3.05. The van der Waals surface area contributed by atoms with Crippen LogP contribution in [0.5, 0.6) is 5.75 Å². The van der Waals surface area contributed by atoms with Crippen molar-refractivity contribution in [3.8, 4) is 5.75 Å². The molecule has 0 fully saturated rings. The van der Waals surface area contributed by atoms with Gasteiger partial charge in [0.15, 0.2) is 0 Å². The SMILES string of the molecule is COc1ccccc1NS(=O)(=O)c1cc([N+]2=C(N)c3ccccc3C2)ccc1C. The van der Waals surface area contributed by atoms with Crippen LogP contribution in [0, 0.1) is 6.92 Å². The van der Waals surface area contributed by atoms with Crippen LogP contribution in [0.25, 0.3) is 0 Å². The molecule has 3 N–H and O–H groups in total. The van der Waals surface area contributed by atoms with Crippen molar-refractivity contribution in [2.24, 2.45) is 5.73 Å². The second-order valence-electron chi connectivity index (χ2n) is 6.88. The Morgan fingerprint density at radius 3 is 2.52 bits per heavy atom. The minimum Gasteiger partial charge on any atom is -0.495 e. The highest BCUT2D eigenvalue weighted by Gasteiger charge is 2.27. The van der Waals surface area contributed by atoms with Gasteiger partial charge in [-0.15, -0.1) is 0 Å². The number of hydrogen-bond acceptors (Lipinski definition) is 4. The summed E-state index contributed by atoms with van der Waals surface area (Å²) in [6.07, 6.45) is 0. The first kappa shape index (κ1) is 19.0. The van der Waals surface area contributed by atoms with Gasteiger partial charge >= 0.3 is 0 Å². The van der Waals surface area contributed by atoms with Crippen molar-refractivity contribution < 1.29 is 17.7 Å². The number of fused-ring (bicyclic) bond motifs is 1. The van der Waals surface area contributed by atoms with E-state index < -0.39 is 10.0 Å². The molecule has 0 atom stereocenters. The predicted molar refractivity (Wildman–Crippen MR) is 113 cm³/mol. The Hall–Kier alpha value is -3.32. The molecule has 0 bridgehead atoms. The lowest BCUT2D eigenvalue weighted by Gasteiger charge is -2.14. The maximum absolute atomic E-state index is 13.1. The molecule has 0 saturated heterocycles. The molecule has 1 aliphatic heterocycles. The van der Waals surface area contributed by atoms with Crippen molar-refractivity contribution in [2.75, 3.05) is 11.8 Å². The molecule has 0 spiro atoms. The lowest BCUT2D eigenvalue weighted by molar-refractivity contribution is -0.453. The van der Waals surface area contributed by atoms with Gasteiger partial charge in [-0.1, -0.05) is 36.4 Å². The van der Waals surface area contributed by atoms with E-state index in [1.807, 2.05) is 34.9 Å². The molecule has 0 aliphatic carbocycles. The Bertz CT molecular complexity index is 1230. The fourth-order valence-electron chi connectivity index (χ4n) is 3.51. The number of ether oxygens (including phenoxy) is 1. The number of amidine groups is 1. The standard InChI is InChI=1S/C22H21N3O3S/c1-15-11-12-17(25-14-16-7-3-4-8-18(16)22(25)23)13-21(15)29(26,27)24-19-9-5-6-10-20(19)28-2/h3-13,23-24H,14H2,1-2H3/p+1. The number of nitrogens with two attached hydrogens (primary N) is 1. The Labute approximate surface area is 170 Å². The van der Waals surface area contributed by atoms with Crippen LogP contribution in [0.1, 0.15) is 16.7 Å². The number of hydrogen-bond donors (Lipinski definition) is 2. The van der Waals surface area contributed by atoms with E-state index in [0.717, 1.165) is 16.8 Å². The molecular weight excluding hydrogens is 386 g/mol. The number of para-hydroxylation sites is 2. The lowest BCUT2D eigenvalue weighted by Crippen LogP contribution is -2.21. The molecule has 0 amide bonds. The molecule has 3 aromatic rings. The van der Waals surface area contributed by atoms with Gasteiger partial charge in [-0.3, -0.25) is 10.5 Å². The van der Waals surface area contributed by atoms with Crippen molar-refractivity contribution >= 4 is 27.2 Å². The van der Waals surface area contributed by atoms with E-state index >= 15 is 0 Å². The summed E-state index contributed by atoms with van der Waals surface area (Å²) in [5, 5.41) is 0. The number of aryl methyl sites for hydroxylation is 1. The van der Waals surface area contributed by atoms with Gasteiger partial charge in [0, 0.05) is 11.6 Å². The molecule has 0 unspecified atom stereocenters. The number of nitrogens with one attached hydrogen (secondary N) is 1. The third kappa shape index (κ3) is 3.45. The van der Waals surface area contributed by atoms with Gasteiger partial charge in [0.05, 0.1) is 23.3 Å². The monoisotopic (exact) mass is 408 g/mol. The molecule has 0 saturated carbocycles. The summed E-state index contributed by atoms with van der Waals surface area (Å²) in [6, 6.07) is 20.2. The number of methoxy groups -OCH3 is 1. The molecular formula is C22H22N3O3S+. The van der Waals surface area contributed by atoms with E-state index in [1.54, 1.807) is 43.3 Å². The zero-order valence-corrected chi connectivity index (χ0v) is 17.0. The lowest BCUT2D eigenvalue weighted by atomic mass is 10.1. The van der Waals surface area contributed by atoms with Gasteiger partial charge in [-0.05, 0) is 36.8 Å². The van der Waals surface area contributed by atoms with E-state index in [9.17, 15) is 8.42 Å². The van der Waals surface area contributed by atoms with Crippen LogP contribution >= 0.6 is 0 Å². The van der Waals surface area contributed by atoms with E-state index in [0.29, 0.717) is 29.4 Å². The van der Waals surface area contributed by atoms with Crippen LogP contribution in [0.4, 0.5) is 11.4 Å². The fourth-order valence-corrected chi connectivity index (χ4v) is 4.85. The third-order valence-electron chi connectivity index (χ3n) is 5.04. The second kappa shape index (κ2) is 7.25. The highest BCUT2D eigenvalue weighted by molar-refractivity contribution is 7.92. The van der Waals surface area contributed by atoms with Gasteiger partial charge in [0.2, 0.25) is 0 Å². The summed E-state index contributed by atoms with van der Waals surface area (Å²) in [7, 11) is -2.32. The summed E-state index contributed by atoms with van der Waals surface area (Å²) >= 11 is 0. The van der Waals surface area contributed by atoms with Crippen LogP contribution < -0.4 is 15.2 Å². The smallest absolute Gasteiger partial charge is 0.280 e. The van der Waals surface area contributed by atoms with E-state index in [-0.39, 0.29) is 4.90 Å². The maximum Gasteiger partial charge on any atom is 0.280 e. The van der Waals surface area contributed by atoms with Gasteiger partial charge in [-0.2, -0.15) is 0 Å². The first-order chi connectivity index (χ1) is 13.9. The Balaban J connectivity index is 1.74.